The topological polar surface area (TPSA) is 9.23 Å². The van der Waals surface area contributed by atoms with Crippen LogP contribution >= 0.6 is 0 Å². The number of hydrogen-bond acceptors (Lipinski definition) is 1. The van der Waals surface area contributed by atoms with Crippen molar-refractivity contribution in [1.29, 1.82) is 0 Å². The van der Waals surface area contributed by atoms with E-state index in [0.29, 0.717) is 5.92 Å². The number of aryl methyl sites for hydroxylation is 2. The predicted molar refractivity (Wildman–Crippen MR) is 84.7 cm³/mol. The number of ether oxygens (including phenoxy) is 1. The molecular weight excluding hydrogens is 244 g/mol. The summed E-state index contributed by atoms with van der Waals surface area (Å²) in [5, 5.41) is 0. The van der Waals surface area contributed by atoms with Gasteiger partial charge in [0.15, 0.2) is 0 Å². The lowest BCUT2D eigenvalue weighted by Gasteiger charge is -2.50. The summed E-state index contributed by atoms with van der Waals surface area (Å²) < 4.78 is 5.83. The maximum Gasteiger partial charge on any atom is 0.0759 e. The van der Waals surface area contributed by atoms with E-state index in [-0.39, 0.29) is 11.0 Å². The van der Waals surface area contributed by atoms with Crippen LogP contribution in [-0.4, -0.2) is 12.7 Å². The van der Waals surface area contributed by atoms with Crippen molar-refractivity contribution < 1.29 is 4.74 Å². The minimum atomic E-state index is -0.0659. The zero-order chi connectivity index (χ0) is 14.5. The van der Waals surface area contributed by atoms with Gasteiger partial charge in [0.2, 0.25) is 0 Å². The van der Waals surface area contributed by atoms with Gasteiger partial charge >= 0.3 is 0 Å². The molecule has 1 nitrogen and oxygen atoms in total. The summed E-state index contributed by atoms with van der Waals surface area (Å²) >= 11 is 0. The van der Waals surface area contributed by atoms with E-state index >= 15 is 0 Å². The summed E-state index contributed by atoms with van der Waals surface area (Å²) in [5.41, 5.74) is 5.67. The fourth-order valence-corrected chi connectivity index (χ4v) is 4.03. The van der Waals surface area contributed by atoms with E-state index in [2.05, 4.69) is 64.1 Å². The van der Waals surface area contributed by atoms with Gasteiger partial charge in [-0.3, -0.25) is 0 Å². The van der Waals surface area contributed by atoms with Gasteiger partial charge in [0.25, 0.3) is 0 Å². The Kier molecular flexibility index (Phi) is 2.95. The van der Waals surface area contributed by atoms with E-state index in [0.717, 1.165) is 6.42 Å². The average molecular weight is 268 g/mol. The number of fused-ring (bicyclic) bond motifs is 1. The van der Waals surface area contributed by atoms with Crippen LogP contribution in [0, 0.1) is 25.2 Å². The number of hydrogen-bond donors (Lipinski definition) is 0. The first kappa shape index (κ1) is 13.6. The number of allylic oxidation sites excluding steroid dienone is 2. The van der Waals surface area contributed by atoms with E-state index in [1.54, 1.807) is 0 Å². The molecule has 0 radical (unpaired) electrons. The molecule has 0 saturated carbocycles. The van der Waals surface area contributed by atoms with Crippen LogP contribution in [0.5, 0.6) is 0 Å². The van der Waals surface area contributed by atoms with Crippen molar-refractivity contribution in [3.05, 3.63) is 53.1 Å². The molecule has 1 aromatic rings. The Morgan fingerprint density at radius 1 is 1.15 bits per heavy atom. The molecule has 4 rings (SSSR count). The first-order valence-electron chi connectivity index (χ1n) is 7.43. The fraction of sp³-hybridized carbons (Fsp3) is 0.474. The molecule has 0 aromatic heterocycles. The molecule has 0 N–H and O–H groups in total. The highest BCUT2D eigenvalue weighted by atomic mass is 16.5. The van der Waals surface area contributed by atoms with E-state index in [9.17, 15) is 0 Å². The summed E-state index contributed by atoms with van der Waals surface area (Å²) in [4.78, 5) is 0. The van der Waals surface area contributed by atoms with Crippen LogP contribution in [0.4, 0.5) is 0 Å². The maximum absolute atomic E-state index is 5.83. The molecule has 20 heavy (non-hydrogen) atoms. The lowest BCUT2D eigenvalue weighted by molar-refractivity contribution is -0.0461. The van der Waals surface area contributed by atoms with Gasteiger partial charge in [-0.15, -0.1) is 0 Å². The Labute approximate surface area is 122 Å². The Morgan fingerprint density at radius 3 is 2.35 bits per heavy atom. The first-order chi connectivity index (χ1) is 9.39. The highest BCUT2D eigenvalue weighted by Crippen LogP contribution is 2.55. The molecule has 0 spiro atoms. The van der Waals surface area contributed by atoms with E-state index in [1.807, 2.05) is 7.11 Å². The van der Waals surface area contributed by atoms with E-state index in [1.165, 1.54) is 22.3 Å². The molecule has 0 heterocycles. The maximum atomic E-state index is 5.83. The SMILES string of the molecule is COC1(C)CC2(C)C=CC1C=C2c1c(C)cccc1C. The highest BCUT2D eigenvalue weighted by molar-refractivity contribution is 5.78. The van der Waals surface area contributed by atoms with Crippen LogP contribution in [0.15, 0.2) is 36.4 Å². The highest BCUT2D eigenvalue weighted by Gasteiger charge is 2.48. The summed E-state index contributed by atoms with van der Waals surface area (Å²) in [6, 6.07) is 6.58. The molecule has 0 saturated heterocycles. The van der Waals surface area contributed by atoms with E-state index < -0.39 is 0 Å². The number of benzene rings is 1. The second-order valence-electron chi connectivity index (χ2n) is 6.84. The van der Waals surface area contributed by atoms with Gasteiger partial charge < -0.3 is 4.74 Å². The molecule has 3 aliphatic rings. The summed E-state index contributed by atoms with van der Waals surface area (Å²) in [7, 11) is 1.84. The van der Waals surface area contributed by atoms with Gasteiger partial charge in [-0.25, -0.2) is 0 Å². The molecule has 1 heteroatoms. The van der Waals surface area contributed by atoms with E-state index in [4.69, 9.17) is 4.74 Å². The van der Waals surface area contributed by atoms with Crippen molar-refractivity contribution >= 4 is 5.57 Å². The number of rotatable bonds is 2. The third-order valence-corrected chi connectivity index (χ3v) is 5.27. The van der Waals surface area contributed by atoms with Crippen LogP contribution in [0.2, 0.25) is 0 Å². The van der Waals surface area contributed by atoms with Crippen LogP contribution in [0.3, 0.4) is 0 Å². The standard InChI is InChI=1S/C19H24O/c1-13-7-6-8-14(2)17(13)16-11-15-9-10-18(16,3)12-19(15,4)20-5/h6-11,15H,12H2,1-5H3. The molecule has 0 fully saturated rings. The smallest absolute Gasteiger partial charge is 0.0759 e. The molecular formula is C19H24O. The molecule has 106 valence electrons. The largest absolute Gasteiger partial charge is 0.378 e. The van der Waals surface area contributed by atoms with Crippen molar-refractivity contribution in [2.24, 2.45) is 11.3 Å². The second-order valence-corrected chi connectivity index (χ2v) is 6.84. The quantitative estimate of drug-likeness (QED) is 0.707. The molecule has 0 aliphatic heterocycles. The van der Waals surface area contributed by atoms with Crippen LogP contribution in [-0.2, 0) is 4.74 Å². The number of methoxy groups -OCH3 is 1. The van der Waals surface area contributed by atoms with Gasteiger partial charge in [0, 0.05) is 18.4 Å². The fourth-order valence-electron chi connectivity index (χ4n) is 4.03. The minimum Gasteiger partial charge on any atom is -0.378 e. The minimum absolute atomic E-state index is 0.0659. The molecule has 3 atom stereocenters. The lowest BCUT2D eigenvalue weighted by atomic mass is 9.58. The van der Waals surface area contributed by atoms with Crippen LogP contribution in [0.25, 0.3) is 5.57 Å². The third-order valence-electron chi connectivity index (χ3n) is 5.27. The van der Waals surface area contributed by atoms with Crippen molar-refractivity contribution in [3.8, 4) is 0 Å². The monoisotopic (exact) mass is 268 g/mol. The summed E-state index contributed by atoms with van der Waals surface area (Å²) in [6.07, 6.45) is 8.20. The van der Waals surface area contributed by atoms with Crippen LogP contribution < -0.4 is 0 Å². The summed E-state index contributed by atoms with van der Waals surface area (Å²) in [6.45, 7) is 9.01. The summed E-state index contributed by atoms with van der Waals surface area (Å²) in [5.74, 6) is 0.378. The normalized spacial score (nSPS) is 35.2. The lowest BCUT2D eigenvalue weighted by Crippen LogP contribution is -2.47. The molecule has 2 bridgehead atoms. The van der Waals surface area contributed by atoms with Crippen molar-refractivity contribution in [1.82, 2.24) is 0 Å². The third kappa shape index (κ3) is 1.80. The predicted octanol–water partition coefficient (Wildman–Crippen LogP) is 4.69. The van der Waals surface area contributed by atoms with Gasteiger partial charge in [-0.1, -0.05) is 43.4 Å². The molecule has 0 amide bonds. The van der Waals surface area contributed by atoms with Crippen LogP contribution in [0.1, 0.15) is 37.0 Å². The van der Waals surface area contributed by atoms with Crippen molar-refractivity contribution in [3.63, 3.8) is 0 Å². The van der Waals surface area contributed by atoms with Gasteiger partial charge in [0.1, 0.15) is 0 Å². The molecule has 1 aromatic carbocycles. The zero-order valence-electron chi connectivity index (χ0n) is 13.2. The second kappa shape index (κ2) is 4.33. The Morgan fingerprint density at radius 2 is 1.80 bits per heavy atom. The first-order valence-corrected chi connectivity index (χ1v) is 7.43. The Hall–Kier alpha value is -1.34. The van der Waals surface area contributed by atoms with Gasteiger partial charge in [0.05, 0.1) is 5.60 Å². The van der Waals surface area contributed by atoms with Gasteiger partial charge in [-0.05, 0) is 49.5 Å². The van der Waals surface area contributed by atoms with Gasteiger partial charge in [-0.2, -0.15) is 0 Å². The Bertz CT molecular complexity index is 590. The average Bonchev–Trinajstić information content (AvgIpc) is 2.39. The van der Waals surface area contributed by atoms with Crippen molar-refractivity contribution in [2.75, 3.05) is 7.11 Å². The Balaban J connectivity index is 2.16. The zero-order valence-corrected chi connectivity index (χ0v) is 13.2. The molecule has 3 unspecified atom stereocenters. The van der Waals surface area contributed by atoms with Crippen molar-refractivity contribution in [2.45, 2.75) is 39.7 Å². The molecule has 3 aliphatic carbocycles.